The van der Waals surface area contributed by atoms with E-state index < -0.39 is 0 Å². The predicted octanol–water partition coefficient (Wildman–Crippen LogP) is 2.37. The molecule has 1 aromatic rings. The third-order valence-electron chi connectivity index (χ3n) is 1.84. The number of hydrogen-bond acceptors (Lipinski definition) is 2. The van der Waals surface area contributed by atoms with Crippen LogP contribution in [0.1, 0.15) is 6.92 Å². The van der Waals surface area contributed by atoms with Crippen LogP contribution in [0.25, 0.3) is 0 Å². The van der Waals surface area contributed by atoms with Crippen molar-refractivity contribution in [1.29, 1.82) is 0 Å². The number of nitrogens with one attached hydrogen (secondary N) is 1. The minimum Gasteiger partial charge on any atom is -0.490 e. The van der Waals surface area contributed by atoms with E-state index in [4.69, 9.17) is 4.74 Å². The van der Waals surface area contributed by atoms with E-state index in [0.29, 0.717) is 12.4 Å². The molecule has 0 heterocycles. The number of hydrogen-bond donors (Lipinski definition) is 1. The van der Waals surface area contributed by atoms with Gasteiger partial charge in [0.1, 0.15) is 18.2 Å². The summed E-state index contributed by atoms with van der Waals surface area (Å²) in [4.78, 5) is 0. The molecule has 0 fully saturated rings. The Morgan fingerprint density at radius 2 is 2.00 bits per heavy atom. The van der Waals surface area contributed by atoms with E-state index in [1.807, 2.05) is 12.2 Å². The summed E-state index contributed by atoms with van der Waals surface area (Å²) in [5.41, 5.74) is 0. The molecule has 0 radical (unpaired) electrons. The van der Waals surface area contributed by atoms with Crippen LogP contribution in [0.15, 0.2) is 36.4 Å². The second kappa shape index (κ2) is 7.01. The minimum atomic E-state index is -0.245. The zero-order chi connectivity index (χ0) is 10.9. The first-order valence-electron chi connectivity index (χ1n) is 5.07. The number of ether oxygens (including phenoxy) is 1. The van der Waals surface area contributed by atoms with Crippen molar-refractivity contribution in [2.75, 3.05) is 19.7 Å². The van der Waals surface area contributed by atoms with Crippen LogP contribution in [0.3, 0.4) is 0 Å². The third kappa shape index (κ3) is 5.18. The molecular weight excluding hydrogens is 193 g/mol. The molecule has 2 nitrogen and oxygen atoms in total. The summed E-state index contributed by atoms with van der Waals surface area (Å²) in [7, 11) is 0. The molecule has 3 heteroatoms. The van der Waals surface area contributed by atoms with Gasteiger partial charge in [0.25, 0.3) is 0 Å². The van der Waals surface area contributed by atoms with Gasteiger partial charge in [-0.25, -0.2) is 4.39 Å². The maximum atomic E-state index is 12.5. The highest BCUT2D eigenvalue weighted by Crippen LogP contribution is 2.10. The number of likely N-dealkylation sites (N-methyl/N-ethyl adjacent to an activating group) is 1. The maximum absolute atomic E-state index is 12.5. The molecule has 82 valence electrons. The van der Waals surface area contributed by atoms with Gasteiger partial charge in [-0.15, -0.1) is 0 Å². The molecule has 0 saturated carbocycles. The van der Waals surface area contributed by atoms with Gasteiger partial charge in [0.15, 0.2) is 0 Å². The molecule has 1 N–H and O–H groups in total. The normalized spacial score (nSPS) is 10.8. The average molecular weight is 209 g/mol. The van der Waals surface area contributed by atoms with Gasteiger partial charge in [-0.1, -0.05) is 19.1 Å². The summed E-state index contributed by atoms with van der Waals surface area (Å²) in [6.07, 6.45) is 3.94. The van der Waals surface area contributed by atoms with Crippen LogP contribution >= 0.6 is 0 Å². The Balaban J connectivity index is 2.20. The van der Waals surface area contributed by atoms with Gasteiger partial charge in [-0.05, 0) is 30.8 Å². The second-order valence-corrected chi connectivity index (χ2v) is 3.04. The van der Waals surface area contributed by atoms with Crippen LogP contribution in [0.2, 0.25) is 0 Å². The van der Waals surface area contributed by atoms with Crippen molar-refractivity contribution < 1.29 is 9.13 Å². The van der Waals surface area contributed by atoms with E-state index >= 15 is 0 Å². The molecule has 1 rings (SSSR count). The number of benzene rings is 1. The van der Waals surface area contributed by atoms with Gasteiger partial charge >= 0.3 is 0 Å². The molecule has 0 aliphatic carbocycles. The Morgan fingerprint density at radius 3 is 2.67 bits per heavy atom. The molecule has 1 aromatic carbocycles. The summed E-state index contributed by atoms with van der Waals surface area (Å²) >= 11 is 0. The Kier molecular flexibility index (Phi) is 5.48. The van der Waals surface area contributed by atoms with Crippen molar-refractivity contribution in [2.45, 2.75) is 6.92 Å². The summed E-state index contributed by atoms with van der Waals surface area (Å²) in [5.74, 6) is 0.439. The molecule has 15 heavy (non-hydrogen) atoms. The first-order chi connectivity index (χ1) is 7.33. The topological polar surface area (TPSA) is 21.3 Å². The monoisotopic (exact) mass is 209 g/mol. The van der Waals surface area contributed by atoms with Gasteiger partial charge in [0, 0.05) is 6.54 Å². The molecule has 0 amide bonds. The van der Waals surface area contributed by atoms with Crippen molar-refractivity contribution in [3.63, 3.8) is 0 Å². The Bertz CT molecular complexity index is 295. The SMILES string of the molecule is CCNC/C=C/COc1ccc(F)cc1. The summed E-state index contributed by atoms with van der Waals surface area (Å²) < 4.78 is 17.9. The fourth-order valence-electron chi connectivity index (χ4n) is 1.05. The van der Waals surface area contributed by atoms with E-state index in [-0.39, 0.29) is 5.82 Å². The molecule has 0 saturated heterocycles. The first-order valence-corrected chi connectivity index (χ1v) is 5.07. The van der Waals surface area contributed by atoms with Crippen LogP contribution in [-0.2, 0) is 0 Å². The maximum Gasteiger partial charge on any atom is 0.123 e. The quantitative estimate of drug-likeness (QED) is 0.573. The first kappa shape index (κ1) is 11.7. The van der Waals surface area contributed by atoms with Crippen molar-refractivity contribution in [3.8, 4) is 5.75 Å². The molecule has 0 aromatic heterocycles. The van der Waals surface area contributed by atoms with Crippen molar-refractivity contribution >= 4 is 0 Å². The lowest BCUT2D eigenvalue weighted by molar-refractivity contribution is 0.362. The lowest BCUT2D eigenvalue weighted by atomic mass is 10.3. The van der Waals surface area contributed by atoms with E-state index in [1.54, 1.807) is 12.1 Å². The summed E-state index contributed by atoms with van der Waals surface area (Å²) in [6.45, 7) is 4.38. The van der Waals surface area contributed by atoms with Crippen molar-refractivity contribution in [2.24, 2.45) is 0 Å². The standard InChI is InChI=1S/C12H16FNO/c1-2-14-9-3-4-10-15-12-7-5-11(13)6-8-12/h3-8,14H,2,9-10H2,1H3/b4-3+. The largest absolute Gasteiger partial charge is 0.490 e. The lowest BCUT2D eigenvalue weighted by Crippen LogP contribution is -2.11. The van der Waals surface area contributed by atoms with Crippen LogP contribution in [0.4, 0.5) is 4.39 Å². The van der Waals surface area contributed by atoms with Crippen LogP contribution in [0, 0.1) is 5.82 Å². The van der Waals surface area contributed by atoms with E-state index in [0.717, 1.165) is 13.1 Å². The molecule has 0 aliphatic heterocycles. The van der Waals surface area contributed by atoms with Gasteiger partial charge in [-0.2, -0.15) is 0 Å². The van der Waals surface area contributed by atoms with Gasteiger partial charge in [0.2, 0.25) is 0 Å². The van der Waals surface area contributed by atoms with E-state index in [2.05, 4.69) is 12.2 Å². The molecule has 0 aliphatic rings. The van der Waals surface area contributed by atoms with E-state index in [1.165, 1.54) is 12.1 Å². The van der Waals surface area contributed by atoms with Crippen LogP contribution in [-0.4, -0.2) is 19.7 Å². The molecule has 0 spiro atoms. The van der Waals surface area contributed by atoms with E-state index in [9.17, 15) is 4.39 Å². The van der Waals surface area contributed by atoms with Crippen LogP contribution < -0.4 is 10.1 Å². The van der Waals surface area contributed by atoms with Gasteiger partial charge < -0.3 is 10.1 Å². The summed E-state index contributed by atoms with van der Waals surface area (Å²) in [6, 6.07) is 6.01. The van der Waals surface area contributed by atoms with Crippen molar-refractivity contribution in [3.05, 3.63) is 42.2 Å². The minimum absolute atomic E-state index is 0.245. The second-order valence-electron chi connectivity index (χ2n) is 3.04. The Morgan fingerprint density at radius 1 is 1.27 bits per heavy atom. The fraction of sp³-hybridized carbons (Fsp3) is 0.333. The predicted molar refractivity (Wildman–Crippen MR) is 59.6 cm³/mol. The number of halogens is 1. The summed E-state index contributed by atoms with van der Waals surface area (Å²) in [5, 5.41) is 3.16. The fourth-order valence-corrected chi connectivity index (χ4v) is 1.05. The highest BCUT2D eigenvalue weighted by molar-refractivity contribution is 5.22. The molecule has 0 atom stereocenters. The highest BCUT2D eigenvalue weighted by atomic mass is 19.1. The number of rotatable bonds is 6. The molecule has 0 unspecified atom stereocenters. The lowest BCUT2D eigenvalue weighted by Gasteiger charge is -2.02. The smallest absolute Gasteiger partial charge is 0.123 e. The average Bonchev–Trinajstić information content (AvgIpc) is 2.26. The van der Waals surface area contributed by atoms with Gasteiger partial charge in [0.05, 0.1) is 0 Å². The zero-order valence-corrected chi connectivity index (χ0v) is 8.87. The molecule has 0 bridgehead atoms. The van der Waals surface area contributed by atoms with Crippen LogP contribution in [0.5, 0.6) is 5.75 Å². The highest BCUT2D eigenvalue weighted by Gasteiger charge is 1.91. The third-order valence-corrected chi connectivity index (χ3v) is 1.84. The zero-order valence-electron chi connectivity index (χ0n) is 8.87. The van der Waals surface area contributed by atoms with Crippen molar-refractivity contribution in [1.82, 2.24) is 5.32 Å². The van der Waals surface area contributed by atoms with Gasteiger partial charge in [-0.3, -0.25) is 0 Å². The molecular formula is C12H16FNO. The Labute approximate surface area is 89.8 Å². The Hall–Kier alpha value is -1.35.